The highest BCUT2D eigenvalue weighted by Gasteiger charge is 2.22. The van der Waals surface area contributed by atoms with Crippen LogP contribution in [-0.2, 0) is 9.47 Å². The molecule has 0 aromatic carbocycles. The van der Waals surface area contributed by atoms with E-state index in [0.29, 0.717) is 6.61 Å². The van der Waals surface area contributed by atoms with E-state index in [2.05, 4.69) is 31.0 Å². The fourth-order valence-corrected chi connectivity index (χ4v) is 2.05. The zero-order chi connectivity index (χ0) is 13.0. The molecule has 0 spiro atoms. The summed E-state index contributed by atoms with van der Waals surface area (Å²) in [5.41, 5.74) is 2.09. The smallest absolute Gasteiger partial charge is 0.145 e. The maximum Gasteiger partial charge on any atom is 0.145 e. The predicted octanol–water partition coefficient (Wildman–Crippen LogP) is 3.04. The summed E-state index contributed by atoms with van der Waals surface area (Å²) in [5.74, 6) is 0.870. The summed E-state index contributed by atoms with van der Waals surface area (Å²) in [6.45, 7) is 7.66. The number of rotatable bonds is 3. The quantitative estimate of drug-likeness (QED) is 0.767. The van der Waals surface area contributed by atoms with Crippen molar-refractivity contribution in [2.45, 2.75) is 39.3 Å². The second kappa shape index (κ2) is 6.01. The highest BCUT2D eigenvalue weighted by atomic mass is 16.5. The van der Waals surface area contributed by atoms with Gasteiger partial charge in [0.25, 0.3) is 0 Å². The molecule has 1 aliphatic heterocycles. The molecule has 1 heterocycles. The Morgan fingerprint density at radius 1 is 1.50 bits per heavy atom. The van der Waals surface area contributed by atoms with Crippen molar-refractivity contribution < 1.29 is 9.47 Å². The second-order valence-electron chi connectivity index (χ2n) is 4.81. The highest BCUT2D eigenvalue weighted by molar-refractivity contribution is 6.14. The Balaban J connectivity index is 2.19. The van der Waals surface area contributed by atoms with E-state index in [1.807, 2.05) is 19.1 Å². The fraction of sp³-hybridized carbons (Fsp3) is 0.533. The van der Waals surface area contributed by atoms with Crippen LogP contribution in [0, 0.1) is 0 Å². The first-order valence-corrected chi connectivity index (χ1v) is 6.58. The van der Waals surface area contributed by atoms with Gasteiger partial charge >= 0.3 is 0 Å². The number of hydrogen-bond acceptors (Lipinski definition) is 3. The molecule has 3 nitrogen and oxygen atoms in total. The molecule has 0 amide bonds. The van der Waals surface area contributed by atoms with E-state index < -0.39 is 0 Å². The van der Waals surface area contributed by atoms with Crippen LogP contribution in [-0.4, -0.2) is 31.1 Å². The first-order valence-electron chi connectivity index (χ1n) is 6.58. The van der Waals surface area contributed by atoms with Crippen molar-refractivity contribution in [3.8, 4) is 0 Å². The number of hydrogen-bond donors (Lipinski definition) is 0. The van der Waals surface area contributed by atoms with Crippen molar-refractivity contribution >= 4 is 5.71 Å². The van der Waals surface area contributed by atoms with Crippen LogP contribution in [0.1, 0.15) is 27.2 Å². The number of allylic oxidation sites excluding steroid dienone is 5. The Bertz CT molecular complexity index is 410. The zero-order valence-corrected chi connectivity index (χ0v) is 11.3. The molecule has 1 unspecified atom stereocenters. The minimum absolute atomic E-state index is 0.165. The predicted molar refractivity (Wildman–Crippen MR) is 73.9 cm³/mol. The third-order valence-corrected chi connectivity index (χ3v) is 2.91. The molecule has 0 aromatic heterocycles. The summed E-state index contributed by atoms with van der Waals surface area (Å²) in [5, 5.41) is 0. The van der Waals surface area contributed by atoms with Crippen LogP contribution < -0.4 is 0 Å². The van der Waals surface area contributed by atoms with Crippen LogP contribution in [0.2, 0.25) is 0 Å². The number of nitrogens with zero attached hydrogens (tertiary/aromatic N) is 1. The third kappa shape index (κ3) is 3.10. The maximum atomic E-state index is 6.01. The first kappa shape index (κ1) is 13.1. The molecular weight excluding hydrogens is 226 g/mol. The SMILES string of the molecule is C/C=C1/C=CC=C(OC2CCOC2)C1=NC(C)C. The Morgan fingerprint density at radius 3 is 2.94 bits per heavy atom. The van der Waals surface area contributed by atoms with Gasteiger partial charge in [0.05, 0.1) is 13.2 Å². The Labute approximate surface area is 109 Å². The van der Waals surface area contributed by atoms with Crippen molar-refractivity contribution in [2.75, 3.05) is 13.2 Å². The van der Waals surface area contributed by atoms with Crippen LogP contribution in [0.15, 0.2) is 40.6 Å². The summed E-state index contributed by atoms with van der Waals surface area (Å²) >= 11 is 0. The minimum atomic E-state index is 0.165. The van der Waals surface area contributed by atoms with Crippen LogP contribution in [0.5, 0.6) is 0 Å². The number of ether oxygens (including phenoxy) is 2. The average molecular weight is 247 g/mol. The van der Waals surface area contributed by atoms with Gasteiger partial charge in [0.15, 0.2) is 0 Å². The molecule has 0 saturated carbocycles. The summed E-state index contributed by atoms with van der Waals surface area (Å²) in [7, 11) is 0. The molecule has 2 rings (SSSR count). The van der Waals surface area contributed by atoms with Crippen molar-refractivity contribution in [1.82, 2.24) is 0 Å². The minimum Gasteiger partial charge on any atom is -0.486 e. The highest BCUT2D eigenvalue weighted by Crippen LogP contribution is 2.21. The Kier molecular flexibility index (Phi) is 4.37. The summed E-state index contributed by atoms with van der Waals surface area (Å²) in [4.78, 5) is 4.68. The van der Waals surface area contributed by atoms with Gasteiger partial charge in [0.2, 0.25) is 0 Å². The maximum absolute atomic E-state index is 6.01. The molecule has 0 N–H and O–H groups in total. The van der Waals surface area contributed by atoms with Gasteiger partial charge in [-0.2, -0.15) is 0 Å². The van der Waals surface area contributed by atoms with Crippen LogP contribution in [0.4, 0.5) is 0 Å². The van der Waals surface area contributed by atoms with E-state index in [-0.39, 0.29) is 12.1 Å². The van der Waals surface area contributed by atoms with Gasteiger partial charge in [-0.1, -0.05) is 18.2 Å². The first-order chi connectivity index (χ1) is 8.70. The Hall–Kier alpha value is -1.35. The van der Waals surface area contributed by atoms with Crippen molar-refractivity contribution in [3.05, 3.63) is 35.6 Å². The lowest BCUT2D eigenvalue weighted by atomic mass is 10.0. The monoisotopic (exact) mass is 247 g/mol. The van der Waals surface area contributed by atoms with Crippen molar-refractivity contribution in [3.63, 3.8) is 0 Å². The van der Waals surface area contributed by atoms with Crippen molar-refractivity contribution in [1.29, 1.82) is 0 Å². The molecule has 98 valence electrons. The molecule has 18 heavy (non-hydrogen) atoms. The Morgan fingerprint density at radius 2 is 2.33 bits per heavy atom. The molecule has 1 fully saturated rings. The summed E-state index contributed by atoms with van der Waals surface area (Å²) in [6, 6.07) is 0.258. The fourth-order valence-electron chi connectivity index (χ4n) is 2.05. The van der Waals surface area contributed by atoms with E-state index in [1.165, 1.54) is 0 Å². The van der Waals surface area contributed by atoms with Gasteiger partial charge in [0, 0.05) is 12.5 Å². The molecule has 1 aliphatic carbocycles. The third-order valence-electron chi connectivity index (χ3n) is 2.91. The molecule has 2 aliphatic rings. The zero-order valence-electron chi connectivity index (χ0n) is 11.3. The lowest BCUT2D eigenvalue weighted by Gasteiger charge is -2.20. The molecule has 1 saturated heterocycles. The topological polar surface area (TPSA) is 30.8 Å². The molecular formula is C15H21NO2. The van der Waals surface area contributed by atoms with E-state index >= 15 is 0 Å². The summed E-state index contributed by atoms with van der Waals surface area (Å²) in [6.07, 6.45) is 9.27. The lowest BCUT2D eigenvalue weighted by Crippen LogP contribution is -2.20. The molecule has 0 aromatic rings. The van der Waals surface area contributed by atoms with Crippen molar-refractivity contribution in [2.24, 2.45) is 4.99 Å². The van der Waals surface area contributed by atoms with Gasteiger partial charge in [0.1, 0.15) is 17.6 Å². The van der Waals surface area contributed by atoms with Crippen LogP contribution in [0.3, 0.4) is 0 Å². The molecule has 3 heteroatoms. The largest absolute Gasteiger partial charge is 0.486 e. The van der Waals surface area contributed by atoms with Crippen LogP contribution in [0.25, 0.3) is 0 Å². The summed E-state index contributed by atoms with van der Waals surface area (Å²) < 4.78 is 11.4. The molecule has 0 radical (unpaired) electrons. The second-order valence-corrected chi connectivity index (χ2v) is 4.81. The van der Waals surface area contributed by atoms with Gasteiger partial charge < -0.3 is 9.47 Å². The van der Waals surface area contributed by atoms with Gasteiger partial charge in [-0.05, 0) is 32.4 Å². The van der Waals surface area contributed by atoms with Gasteiger partial charge in [-0.3, -0.25) is 4.99 Å². The normalized spacial score (nSPS) is 28.2. The number of aliphatic imine (C=N–C) groups is 1. The van der Waals surface area contributed by atoms with E-state index in [0.717, 1.165) is 30.1 Å². The van der Waals surface area contributed by atoms with E-state index in [4.69, 9.17) is 9.47 Å². The standard InChI is InChI=1S/C15H21NO2/c1-4-12-6-5-7-14(15(12)16-11(2)3)18-13-8-9-17-10-13/h4-7,11,13H,8-10H2,1-3H3/b12-4-,16-15?. The lowest BCUT2D eigenvalue weighted by molar-refractivity contribution is 0.101. The van der Waals surface area contributed by atoms with Crippen LogP contribution >= 0.6 is 0 Å². The van der Waals surface area contributed by atoms with E-state index in [1.54, 1.807) is 0 Å². The average Bonchev–Trinajstić information content (AvgIpc) is 2.83. The van der Waals surface area contributed by atoms with Gasteiger partial charge in [-0.15, -0.1) is 0 Å². The molecule has 0 bridgehead atoms. The molecule has 1 atom stereocenters. The van der Waals surface area contributed by atoms with E-state index in [9.17, 15) is 0 Å². The van der Waals surface area contributed by atoms with Gasteiger partial charge in [-0.25, -0.2) is 0 Å².